The Morgan fingerprint density at radius 3 is 2.62 bits per heavy atom. The van der Waals surface area contributed by atoms with Crippen LogP contribution >= 0.6 is 0 Å². The molecule has 3 N–H and O–H groups in total. The molecule has 0 unspecified atom stereocenters. The Morgan fingerprint density at radius 1 is 1.19 bits per heavy atom. The summed E-state index contributed by atoms with van der Waals surface area (Å²) >= 11 is 0. The predicted molar refractivity (Wildman–Crippen MR) is 85.9 cm³/mol. The third-order valence-corrected chi connectivity index (χ3v) is 3.34. The van der Waals surface area contributed by atoms with Crippen molar-refractivity contribution < 1.29 is 9.53 Å². The number of nitrogen functional groups attached to an aromatic ring is 1. The lowest BCUT2D eigenvalue weighted by Crippen LogP contribution is -2.14. The van der Waals surface area contributed by atoms with E-state index in [2.05, 4.69) is 5.32 Å². The molecule has 21 heavy (non-hydrogen) atoms. The number of carbonyl (C=O) groups excluding carboxylic acids is 1. The number of hydrogen-bond donors (Lipinski definition) is 2. The number of benzene rings is 2. The summed E-state index contributed by atoms with van der Waals surface area (Å²) < 4.78 is 5.48. The van der Waals surface area contributed by atoms with Gasteiger partial charge in [0.25, 0.3) is 5.91 Å². The lowest BCUT2D eigenvalue weighted by Gasteiger charge is -2.13. The Balaban J connectivity index is 2.28. The smallest absolute Gasteiger partial charge is 0.259 e. The van der Waals surface area contributed by atoms with E-state index in [0.717, 1.165) is 11.3 Å². The summed E-state index contributed by atoms with van der Waals surface area (Å²) in [6.07, 6.45) is 0. The van der Waals surface area contributed by atoms with Crippen molar-refractivity contribution in [2.24, 2.45) is 0 Å². The molecule has 0 atom stereocenters. The van der Waals surface area contributed by atoms with Gasteiger partial charge in [0, 0.05) is 5.69 Å². The van der Waals surface area contributed by atoms with Crippen LogP contribution in [0, 0.1) is 13.8 Å². The van der Waals surface area contributed by atoms with Crippen molar-refractivity contribution >= 4 is 17.3 Å². The van der Waals surface area contributed by atoms with Crippen LogP contribution in [0.5, 0.6) is 5.75 Å². The van der Waals surface area contributed by atoms with Gasteiger partial charge >= 0.3 is 0 Å². The fraction of sp³-hybridized carbons (Fsp3) is 0.235. The molecule has 2 rings (SSSR count). The number of amides is 1. The second kappa shape index (κ2) is 6.31. The fourth-order valence-electron chi connectivity index (χ4n) is 2.06. The van der Waals surface area contributed by atoms with Crippen LogP contribution in [0.2, 0.25) is 0 Å². The third-order valence-electron chi connectivity index (χ3n) is 3.34. The highest BCUT2D eigenvalue weighted by molar-refractivity contribution is 6.07. The Hall–Kier alpha value is -2.49. The molecule has 0 aliphatic heterocycles. The van der Waals surface area contributed by atoms with Crippen LogP contribution in [0.15, 0.2) is 36.4 Å². The fourth-order valence-corrected chi connectivity index (χ4v) is 2.06. The van der Waals surface area contributed by atoms with Crippen LogP contribution in [0.4, 0.5) is 11.4 Å². The van der Waals surface area contributed by atoms with Gasteiger partial charge in [-0.3, -0.25) is 4.79 Å². The molecule has 0 spiro atoms. The SMILES string of the molecule is CCOc1c(N)cccc1C(=O)Nc1ccc(C)c(C)c1. The first kappa shape index (κ1) is 14.9. The Kier molecular flexibility index (Phi) is 4.48. The molecule has 0 heterocycles. The zero-order valence-corrected chi connectivity index (χ0v) is 12.6. The van der Waals surface area contributed by atoms with E-state index in [9.17, 15) is 4.79 Å². The molecular weight excluding hydrogens is 264 g/mol. The van der Waals surface area contributed by atoms with E-state index >= 15 is 0 Å². The highest BCUT2D eigenvalue weighted by Gasteiger charge is 2.15. The Morgan fingerprint density at radius 2 is 1.95 bits per heavy atom. The van der Waals surface area contributed by atoms with Gasteiger partial charge in [0.2, 0.25) is 0 Å². The maximum atomic E-state index is 12.4. The minimum atomic E-state index is -0.228. The van der Waals surface area contributed by atoms with Crippen molar-refractivity contribution in [1.82, 2.24) is 0 Å². The van der Waals surface area contributed by atoms with Crippen LogP contribution in [0.1, 0.15) is 28.4 Å². The first-order valence-electron chi connectivity index (χ1n) is 6.92. The van der Waals surface area contributed by atoms with E-state index in [1.54, 1.807) is 18.2 Å². The summed E-state index contributed by atoms with van der Waals surface area (Å²) in [6, 6.07) is 11.0. The maximum absolute atomic E-state index is 12.4. The number of hydrogen-bond acceptors (Lipinski definition) is 3. The zero-order chi connectivity index (χ0) is 15.4. The van der Waals surface area contributed by atoms with Gasteiger partial charge in [-0.2, -0.15) is 0 Å². The van der Waals surface area contributed by atoms with E-state index in [0.29, 0.717) is 23.6 Å². The second-order valence-electron chi connectivity index (χ2n) is 4.91. The highest BCUT2D eigenvalue weighted by Crippen LogP contribution is 2.27. The second-order valence-corrected chi connectivity index (χ2v) is 4.91. The molecule has 2 aromatic rings. The van der Waals surface area contributed by atoms with Crippen LogP contribution < -0.4 is 15.8 Å². The summed E-state index contributed by atoms with van der Waals surface area (Å²) in [5.74, 6) is 0.204. The predicted octanol–water partition coefficient (Wildman–Crippen LogP) is 3.54. The van der Waals surface area contributed by atoms with Crippen molar-refractivity contribution in [3.63, 3.8) is 0 Å². The largest absolute Gasteiger partial charge is 0.491 e. The average Bonchev–Trinajstić information content (AvgIpc) is 2.45. The van der Waals surface area contributed by atoms with E-state index < -0.39 is 0 Å². The van der Waals surface area contributed by atoms with Gasteiger partial charge in [0.15, 0.2) is 5.75 Å². The van der Waals surface area contributed by atoms with Gasteiger partial charge in [-0.05, 0) is 56.2 Å². The standard InChI is InChI=1S/C17H20N2O2/c1-4-21-16-14(6-5-7-15(16)18)17(20)19-13-9-8-11(2)12(3)10-13/h5-10H,4,18H2,1-3H3,(H,19,20). The van der Waals surface area contributed by atoms with Crippen LogP contribution in [0.25, 0.3) is 0 Å². The number of aryl methyl sites for hydroxylation is 2. The van der Waals surface area contributed by atoms with Crippen molar-refractivity contribution in [3.8, 4) is 5.75 Å². The summed E-state index contributed by atoms with van der Waals surface area (Å²) in [7, 11) is 0. The average molecular weight is 284 g/mol. The minimum Gasteiger partial charge on any atom is -0.491 e. The molecule has 0 aliphatic rings. The Bertz CT molecular complexity index is 666. The highest BCUT2D eigenvalue weighted by atomic mass is 16.5. The molecule has 0 radical (unpaired) electrons. The molecule has 110 valence electrons. The quantitative estimate of drug-likeness (QED) is 0.844. The Labute approximate surface area is 124 Å². The van der Waals surface area contributed by atoms with E-state index in [-0.39, 0.29) is 5.91 Å². The van der Waals surface area contributed by atoms with Gasteiger partial charge in [-0.15, -0.1) is 0 Å². The minimum absolute atomic E-state index is 0.228. The van der Waals surface area contributed by atoms with E-state index in [4.69, 9.17) is 10.5 Å². The summed E-state index contributed by atoms with van der Waals surface area (Å²) in [6.45, 7) is 6.36. The molecule has 0 saturated heterocycles. The van der Waals surface area contributed by atoms with Crippen molar-refractivity contribution in [3.05, 3.63) is 53.1 Å². The van der Waals surface area contributed by atoms with E-state index in [1.807, 2.05) is 39.0 Å². The van der Waals surface area contributed by atoms with Crippen molar-refractivity contribution in [1.29, 1.82) is 0 Å². The molecular formula is C17H20N2O2. The number of nitrogens with two attached hydrogens (primary N) is 1. The van der Waals surface area contributed by atoms with Crippen LogP contribution in [0.3, 0.4) is 0 Å². The maximum Gasteiger partial charge on any atom is 0.259 e. The topological polar surface area (TPSA) is 64.3 Å². The number of anilines is 2. The molecule has 1 amide bonds. The first-order chi connectivity index (χ1) is 10.0. The first-order valence-corrected chi connectivity index (χ1v) is 6.92. The van der Waals surface area contributed by atoms with Gasteiger partial charge in [0.05, 0.1) is 17.9 Å². The monoisotopic (exact) mass is 284 g/mol. The summed E-state index contributed by atoms with van der Waals surface area (Å²) in [5, 5.41) is 2.88. The molecule has 0 aromatic heterocycles. The molecule has 2 aromatic carbocycles. The molecule has 0 bridgehead atoms. The number of nitrogens with one attached hydrogen (secondary N) is 1. The molecule has 0 aliphatic carbocycles. The van der Waals surface area contributed by atoms with Crippen molar-refractivity contribution in [2.75, 3.05) is 17.7 Å². The lowest BCUT2D eigenvalue weighted by atomic mass is 10.1. The molecule has 4 heteroatoms. The van der Waals surface area contributed by atoms with Crippen LogP contribution in [-0.2, 0) is 0 Å². The molecule has 0 fully saturated rings. The van der Waals surface area contributed by atoms with Gasteiger partial charge in [-0.25, -0.2) is 0 Å². The number of rotatable bonds is 4. The summed E-state index contributed by atoms with van der Waals surface area (Å²) in [5.41, 5.74) is 9.85. The normalized spacial score (nSPS) is 10.2. The van der Waals surface area contributed by atoms with E-state index in [1.165, 1.54) is 5.56 Å². The zero-order valence-electron chi connectivity index (χ0n) is 12.6. The number of carbonyl (C=O) groups is 1. The number of para-hydroxylation sites is 1. The van der Waals surface area contributed by atoms with Gasteiger partial charge in [-0.1, -0.05) is 12.1 Å². The summed E-state index contributed by atoms with van der Waals surface area (Å²) in [4.78, 5) is 12.4. The number of ether oxygens (including phenoxy) is 1. The van der Waals surface area contributed by atoms with Crippen molar-refractivity contribution in [2.45, 2.75) is 20.8 Å². The molecule has 4 nitrogen and oxygen atoms in total. The van der Waals surface area contributed by atoms with Crippen LogP contribution in [-0.4, -0.2) is 12.5 Å². The third kappa shape index (κ3) is 3.34. The van der Waals surface area contributed by atoms with Gasteiger partial charge in [0.1, 0.15) is 0 Å². The van der Waals surface area contributed by atoms with Gasteiger partial charge < -0.3 is 15.8 Å². The lowest BCUT2D eigenvalue weighted by molar-refractivity contribution is 0.102. The molecule has 0 saturated carbocycles.